The van der Waals surface area contributed by atoms with Crippen molar-refractivity contribution in [1.82, 2.24) is 15.5 Å². The van der Waals surface area contributed by atoms with E-state index in [0.717, 1.165) is 0 Å². The van der Waals surface area contributed by atoms with Gasteiger partial charge in [0, 0.05) is 12.2 Å². The molecular weight excluding hydrogens is 168 g/mol. The maximum Gasteiger partial charge on any atom is 0.238 e. The summed E-state index contributed by atoms with van der Waals surface area (Å²) in [6.07, 6.45) is 5.61. The third-order valence-corrected chi connectivity index (χ3v) is 1.91. The van der Waals surface area contributed by atoms with Crippen molar-refractivity contribution in [2.24, 2.45) is 0 Å². The van der Waals surface area contributed by atoms with Gasteiger partial charge >= 0.3 is 0 Å². The molecule has 1 aliphatic rings. The Labute approximate surface area is 75.9 Å². The average molecular weight is 180 g/mol. The largest absolute Gasteiger partial charge is 0.322 e. The molecule has 1 aromatic rings. The summed E-state index contributed by atoms with van der Waals surface area (Å²) in [4.78, 5) is 11.2. The van der Waals surface area contributed by atoms with Gasteiger partial charge in [0.25, 0.3) is 0 Å². The number of nitrogens with zero attached hydrogens (tertiary/aromatic N) is 1. The van der Waals surface area contributed by atoms with E-state index in [2.05, 4.69) is 20.8 Å². The Morgan fingerprint density at radius 2 is 2.54 bits per heavy atom. The van der Waals surface area contributed by atoms with Crippen LogP contribution in [-0.2, 0) is 4.79 Å². The van der Waals surface area contributed by atoms with Crippen LogP contribution in [0.1, 0.15) is 12.8 Å². The predicted molar refractivity (Wildman–Crippen MR) is 48.2 cm³/mol. The molecule has 0 aromatic carbocycles. The van der Waals surface area contributed by atoms with Gasteiger partial charge in [-0.1, -0.05) is 0 Å². The minimum atomic E-state index is -0.0201. The van der Waals surface area contributed by atoms with Crippen molar-refractivity contribution in [2.75, 3.05) is 11.9 Å². The molecule has 5 heteroatoms. The van der Waals surface area contributed by atoms with Crippen LogP contribution in [0.3, 0.4) is 0 Å². The molecule has 0 saturated heterocycles. The van der Waals surface area contributed by atoms with Crippen LogP contribution >= 0.6 is 0 Å². The van der Waals surface area contributed by atoms with Gasteiger partial charge in [-0.3, -0.25) is 9.89 Å². The average Bonchev–Trinajstić information content (AvgIpc) is 2.82. The summed E-state index contributed by atoms with van der Waals surface area (Å²) in [5.74, 6) is -0.0201. The molecule has 5 nitrogen and oxygen atoms in total. The molecule has 70 valence electrons. The first kappa shape index (κ1) is 8.25. The summed E-state index contributed by atoms with van der Waals surface area (Å²) < 4.78 is 0. The monoisotopic (exact) mass is 180 g/mol. The van der Waals surface area contributed by atoms with Gasteiger partial charge in [-0.25, -0.2) is 0 Å². The Balaban J connectivity index is 1.71. The number of hydrogen-bond donors (Lipinski definition) is 3. The molecule has 3 N–H and O–H groups in total. The van der Waals surface area contributed by atoms with Crippen molar-refractivity contribution >= 4 is 11.6 Å². The molecule has 0 aliphatic heterocycles. The number of carbonyl (C=O) groups is 1. The molecule has 0 radical (unpaired) electrons. The number of hydrogen-bond acceptors (Lipinski definition) is 3. The lowest BCUT2D eigenvalue weighted by Gasteiger charge is -2.02. The van der Waals surface area contributed by atoms with Gasteiger partial charge in [0.1, 0.15) is 0 Å². The van der Waals surface area contributed by atoms with Crippen molar-refractivity contribution in [3.05, 3.63) is 12.4 Å². The second-order valence-corrected chi connectivity index (χ2v) is 3.19. The van der Waals surface area contributed by atoms with Crippen molar-refractivity contribution in [2.45, 2.75) is 18.9 Å². The van der Waals surface area contributed by atoms with Crippen LogP contribution in [0.2, 0.25) is 0 Å². The van der Waals surface area contributed by atoms with E-state index in [1.807, 2.05) is 0 Å². The number of amides is 1. The second kappa shape index (κ2) is 3.57. The molecule has 0 spiro atoms. The maximum absolute atomic E-state index is 11.2. The molecule has 1 amide bonds. The number of aromatic nitrogens is 2. The quantitative estimate of drug-likeness (QED) is 0.615. The SMILES string of the molecule is O=C(CNC1CC1)Nc1cn[nH]c1. The van der Waals surface area contributed by atoms with E-state index < -0.39 is 0 Å². The van der Waals surface area contributed by atoms with E-state index in [9.17, 15) is 4.79 Å². The van der Waals surface area contributed by atoms with Gasteiger partial charge in [-0.15, -0.1) is 0 Å². The van der Waals surface area contributed by atoms with Crippen LogP contribution in [-0.4, -0.2) is 28.7 Å². The highest BCUT2D eigenvalue weighted by atomic mass is 16.1. The Bertz CT molecular complexity index is 278. The Morgan fingerprint density at radius 1 is 1.69 bits per heavy atom. The van der Waals surface area contributed by atoms with Crippen LogP contribution in [0.15, 0.2) is 12.4 Å². The molecule has 1 heterocycles. The van der Waals surface area contributed by atoms with Crippen LogP contribution < -0.4 is 10.6 Å². The van der Waals surface area contributed by atoms with Crippen molar-refractivity contribution in [3.8, 4) is 0 Å². The van der Waals surface area contributed by atoms with E-state index in [1.165, 1.54) is 12.8 Å². The summed E-state index contributed by atoms with van der Waals surface area (Å²) in [6, 6.07) is 0.565. The predicted octanol–water partition coefficient (Wildman–Crippen LogP) is 0.100. The normalized spacial score (nSPS) is 15.7. The topological polar surface area (TPSA) is 69.8 Å². The Hall–Kier alpha value is -1.36. The summed E-state index contributed by atoms with van der Waals surface area (Å²) in [5, 5.41) is 12.2. The third kappa shape index (κ3) is 2.55. The van der Waals surface area contributed by atoms with E-state index >= 15 is 0 Å². The Morgan fingerprint density at radius 3 is 3.15 bits per heavy atom. The molecule has 0 bridgehead atoms. The summed E-state index contributed by atoms with van der Waals surface area (Å²) in [6.45, 7) is 0.385. The highest BCUT2D eigenvalue weighted by molar-refractivity contribution is 5.91. The minimum Gasteiger partial charge on any atom is -0.322 e. The standard InChI is InChI=1S/C8H12N4O/c13-8(5-9-6-1-2-6)12-7-3-10-11-4-7/h3-4,6,9H,1-2,5H2,(H,10,11)(H,12,13). The molecule has 1 saturated carbocycles. The second-order valence-electron chi connectivity index (χ2n) is 3.19. The van der Waals surface area contributed by atoms with Crippen LogP contribution in [0.5, 0.6) is 0 Å². The Kier molecular flexibility index (Phi) is 2.27. The van der Waals surface area contributed by atoms with Crippen molar-refractivity contribution in [1.29, 1.82) is 0 Å². The fourth-order valence-corrected chi connectivity index (χ4v) is 1.05. The first-order valence-corrected chi connectivity index (χ1v) is 4.36. The van der Waals surface area contributed by atoms with E-state index in [0.29, 0.717) is 18.3 Å². The molecule has 2 rings (SSSR count). The molecule has 1 fully saturated rings. The molecule has 1 aromatic heterocycles. The van der Waals surface area contributed by atoms with Gasteiger partial charge in [-0.05, 0) is 12.8 Å². The summed E-state index contributed by atoms with van der Waals surface area (Å²) >= 11 is 0. The molecule has 1 aliphatic carbocycles. The number of anilines is 1. The van der Waals surface area contributed by atoms with Gasteiger partial charge in [0.05, 0.1) is 18.4 Å². The number of aromatic amines is 1. The zero-order chi connectivity index (χ0) is 9.10. The minimum absolute atomic E-state index is 0.0201. The van der Waals surface area contributed by atoms with Crippen LogP contribution in [0.25, 0.3) is 0 Å². The molecular formula is C8H12N4O. The number of rotatable bonds is 4. The van der Waals surface area contributed by atoms with Gasteiger partial charge < -0.3 is 10.6 Å². The van der Waals surface area contributed by atoms with Gasteiger partial charge in [0.15, 0.2) is 0 Å². The van der Waals surface area contributed by atoms with Crippen LogP contribution in [0, 0.1) is 0 Å². The fraction of sp³-hybridized carbons (Fsp3) is 0.500. The van der Waals surface area contributed by atoms with Crippen LogP contribution in [0.4, 0.5) is 5.69 Å². The van der Waals surface area contributed by atoms with Gasteiger partial charge in [0.2, 0.25) is 5.91 Å². The molecule has 13 heavy (non-hydrogen) atoms. The number of H-pyrrole nitrogens is 1. The molecule has 0 unspecified atom stereocenters. The van der Waals surface area contributed by atoms with Crippen molar-refractivity contribution < 1.29 is 4.79 Å². The lowest BCUT2D eigenvalue weighted by molar-refractivity contribution is -0.115. The summed E-state index contributed by atoms with van der Waals surface area (Å²) in [5.41, 5.74) is 0.711. The molecule has 0 atom stereocenters. The first-order valence-electron chi connectivity index (χ1n) is 4.36. The summed E-state index contributed by atoms with van der Waals surface area (Å²) in [7, 11) is 0. The smallest absolute Gasteiger partial charge is 0.238 e. The zero-order valence-electron chi connectivity index (χ0n) is 7.21. The lowest BCUT2D eigenvalue weighted by Crippen LogP contribution is -2.29. The zero-order valence-corrected chi connectivity index (χ0v) is 7.21. The van der Waals surface area contributed by atoms with E-state index in [4.69, 9.17) is 0 Å². The third-order valence-electron chi connectivity index (χ3n) is 1.91. The van der Waals surface area contributed by atoms with E-state index in [1.54, 1.807) is 12.4 Å². The van der Waals surface area contributed by atoms with Gasteiger partial charge in [-0.2, -0.15) is 5.10 Å². The highest BCUT2D eigenvalue weighted by Gasteiger charge is 2.21. The maximum atomic E-state index is 11.2. The number of carbonyl (C=O) groups excluding carboxylic acids is 1. The van der Waals surface area contributed by atoms with E-state index in [-0.39, 0.29) is 5.91 Å². The first-order chi connectivity index (χ1) is 6.34. The van der Waals surface area contributed by atoms with Crippen molar-refractivity contribution in [3.63, 3.8) is 0 Å². The highest BCUT2D eigenvalue weighted by Crippen LogP contribution is 2.17. The number of nitrogens with one attached hydrogen (secondary N) is 3. The lowest BCUT2D eigenvalue weighted by atomic mass is 10.5. The fourth-order valence-electron chi connectivity index (χ4n) is 1.05.